The molecule has 0 saturated carbocycles. The fourth-order valence-corrected chi connectivity index (χ4v) is 2.06. The first-order valence-corrected chi connectivity index (χ1v) is 9.17. The number of aliphatic imine (C=N–C) groups is 1. The molecule has 0 aliphatic rings. The van der Waals surface area contributed by atoms with Gasteiger partial charge in [-0.15, -0.1) is 24.0 Å². The van der Waals surface area contributed by atoms with Crippen LogP contribution in [-0.2, 0) is 4.74 Å². The summed E-state index contributed by atoms with van der Waals surface area (Å²) in [7, 11) is 1.45. The third-order valence-electron chi connectivity index (χ3n) is 3.08. The average molecular weight is 525 g/mol. The number of amides is 1. The topological polar surface area (TPSA) is 78.0 Å². The van der Waals surface area contributed by atoms with Gasteiger partial charge in [-0.25, -0.2) is 4.79 Å². The van der Waals surface area contributed by atoms with E-state index in [4.69, 9.17) is 4.74 Å². The summed E-state index contributed by atoms with van der Waals surface area (Å²) in [6, 6.07) is 0. The third kappa shape index (κ3) is 19.8. The Morgan fingerprint density at radius 2 is 1.68 bits per heavy atom. The number of nitrogens with one attached hydrogen (secondary N) is 3. The van der Waals surface area contributed by atoms with Crippen LogP contribution in [0.5, 0.6) is 0 Å². The van der Waals surface area contributed by atoms with Crippen molar-refractivity contribution < 1.29 is 22.7 Å². The molecule has 0 spiro atoms. The molecular formula is C17H35F3IN5O2. The van der Waals surface area contributed by atoms with Crippen LogP contribution < -0.4 is 16.0 Å². The summed E-state index contributed by atoms with van der Waals surface area (Å²) >= 11 is 0. The van der Waals surface area contributed by atoms with Gasteiger partial charge in [0.1, 0.15) is 5.60 Å². The number of carbonyl (C=O) groups is 1. The van der Waals surface area contributed by atoms with Gasteiger partial charge in [0.25, 0.3) is 0 Å². The predicted molar refractivity (Wildman–Crippen MR) is 116 cm³/mol. The molecule has 0 aliphatic heterocycles. The predicted octanol–water partition coefficient (Wildman–Crippen LogP) is 2.96. The Hall–Kier alpha value is -0.980. The van der Waals surface area contributed by atoms with E-state index in [-0.39, 0.29) is 24.0 Å². The van der Waals surface area contributed by atoms with Gasteiger partial charge in [-0.05, 0) is 54.1 Å². The number of ether oxygens (including phenoxy) is 1. The summed E-state index contributed by atoms with van der Waals surface area (Å²) in [5, 5.41) is 8.82. The van der Waals surface area contributed by atoms with Crippen LogP contribution in [-0.4, -0.2) is 75.0 Å². The molecule has 0 unspecified atom stereocenters. The molecule has 168 valence electrons. The lowest BCUT2D eigenvalue weighted by Gasteiger charge is -2.19. The molecule has 0 radical (unpaired) electrons. The quantitative estimate of drug-likeness (QED) is 0.177. The number of alkyl halides is 3. The van der Waals surface area contributed by atoms with Crippen molar-refractivity contribution in [3.05, 3.63) is 0 Å². The van der Waals surface area contributed by atoms with Crippen molar-refractivity contribution >= 4 is 36.0 Å². The van der Waals surface area contributed by atoms with Crippen molar-refractivity contribution in [2.75, 3.05) is 46.3 Å². The first-order valence-electron chi connectivity index (χ1n) is 9.17. The Bertz CT molecular complexity index is 457. The molecule has 0 atom stereocenters. The van der Waals surface area contributed by atoms with E-state index >= 15 is 0 Å². The summed E-state index contributed by atoms with van der Waals surface area (Å²) in [5.74, 6) is 0.605. The molecule has 0 bridgehead atoms. The molecule has 7 nitrogen and oxygen atoms in total. The van der Waals surface area contributed by atoms with E-state index in [9.17, 15) is 18.0 Å². The molecule has 0 aromatic heterocycles. The number of hydrogen-bond donors (Lipinski definition) is 3. The molecule has 0 saturated heterocycles. The average Bonchev–Trinajstić information content (AvgIpc) is 2.47. The lowest BCUT2D eigenvalue weighted by atomic mass is 10.2. The van der Waals surface area contributed by atoms with Gasteiger partial charge in [0.05, 0.1) is 6.54 Å². The zero-order chi connectivity index (χ0) is 20.9. The molecule has 11 heteroatoms. The van der Waals surface area contributed by atoms with Crippen LogP contribution in [0.15, 0.2) is 4.99 Å². The normalized spacial score (nSPS) is 12.4. The van der Waals surface area contributed by atoms with Crippen LogP contribution in [0.3, 0.4) is 0 Å². The highest BCUT2D eigenvalue weighted by Gasteiger charge is 2.28. The highest BCUT2D eigenvalue weighted by atomic mass is 127. The fourth-order valence-electron chi connectivity index (χ4n) is 2.06. The zero-order valence-corrected chi connectivity index (χ0v) is 19.7. The Morgan fingerprint density at radius 3 is 2.21 bits per heavy atom. The van der Waals surface area contributed by atoms with Crippen molar-refractivity contribution in [3.63, 3.8) is 0 Å². The number of carbonyl (C=O) groups excluding carboxylic acids is 1. The third-order valence-corrected chi connectivity index (χ3v) is 3.08. The highest BCUT2D eigenvalue weighted by molar-refractivity contribution is 14.0. The van der Waals surface area contributed by atoms with E-state index in [0.717, 1.165) is 0 Å². The molecule has 28 heavy (non-hydrogen) atoms. The number of nitrogens with zero attached hydrogens (tertiary/aromatic N) is 2. The summed E-state index contributed by atoms with van der Waals surface area (Å²) in [6.45, 7) is 8.89. The van der Waals surface area contributed by atoms with Gasteiger partial charge in [-0.2, -0.15) is 13.2 Å². The fraction of sp³-hybridized carbons (Fsp3) is 0.882. The maximum Gasteiger partial charge on any atom is 0.407 e. The molecular weight excluding hydrogens is 490 g/mol. The number of hydrogen-bond acceptors (Lipinski definition) is 4. The van der Waals surface area contributed by atoms with Gasteiger partial charge >= 0.3 is 12.3 Å². The van der Waals surface area contributed by atoms with E-state index in [1.54, 1.807) is 20.8 Å². The van der Waals surface area contributed by atoms with E-state index in [2.05, 4.69) is 20.9 Å². The highest BCUT2D eigenvalue weighted by Crippen LogP contribution is 2.15. The molecule has 0 fully saturated rings. The van der Waals surface area contributed by atoms with Crippen LogP contribution in [0.25, 0.3) is 0 Å². The van der Waals surface area contributed by atoms with Gasteiger partial charge in [-0.3, -0.25) is 9.89 Å². The smallest absolute Gasteiger partial charge is 0.407 e. The first kappa shape index (κ1) is 29.2. The molecule has 1 amide bonds. The second kappa shape index (κ2) is 14.9. The largest absolute Gasteiger partial charge is 0.444 e. The van der Waals surface area contributed by atoms with Crippen molar-refractivity contribution in [1.82, 2.24) is 20.9 Å². The number of rotatable bonds is 10. The lowest BCUT2D eigenvalue weighted by Crippen LogP contribution is -2.39. The van der Waals surface area contributed by atoms with Crippen LogP contribution >= 0.6 is 24.0 Å². The second-order valence-electron chi connectivity index (χ2n) is 7.18. The first-order chi connectivity index (χ1) is 12.4. The molecule has 0 rings (SSSR count). The van der Waals surface area contributed by atoms with E-state index in [1.807, 2.05) is 6.92 Å². The summed E-state index contributed by atoms with van der Waals surface area (Å²) in [5.41, 5.74) is -0.529. The molecule has 0 aromatic carbocycles. The van der Waals surface area contributed by atoms with Crippen LogP contribution in [0.4, 0.5) is 18.0 Å². The van der Waals surface area contributed by atoms with Gasteiger partial charge in [0.2, 0.25) is 0 Å². The Balaban J connectivity index is 0. The van der Waals surface area contributed by atoms with E-state index in [1.165, 1.54) is 11.9 Å². The second-order valence-corrected chi connectivity index (χ2v) is 7.18. The van der Waals surface area contributed by atoms with Gasteiger partial charge in [-0.1, -0.05) is 0 Å². The monoisotopic (exact) mass is 525 g/mol. The van der Waals surface area contributed by atoms with Gasteiger partial charge in [0.15, 0.2) is 5.96 Å². The van der Waals surface area contributed by atoms with Crippen LogP contribution in [0.1, 0.15) is 40.5 Å². The van der Waals surface area contributed by atoms with E-state index < -0.39 is 24.4 Å². The maximum atomic E-state index is 12.3. The van der Waals surface area contributed by atoms with Gasteiger partial charge in [0, 0.05) is 26.2 Å². The Labute approximate surface area is 183 Å². The lowest BCUT2D eigenvalue weighted by molar-refractivity contribution is -0.143. The summed E-state index contributed by atoms with van der Waals surface area (Å²) in [6.07, 6.45) is -3.42. The van der Waals surface area contributed by atoms with Crippen molar-refractivity contribution in [1.29, 1.82) is 0 Å². The number of halogens is 4. The maximum absolute atomic E-state index is 12.3. The Kier molecular flexibility index (Phi) is 15.6. The molecule has 0 heterocycles. The minimum atomic E-state index is -4.17. The van der Waals surface area contributed by atoms with E-state index in [0.29, 0.717) is 51.5 Å². The summed E-state index contributed by atoms with van der Waals surface area (Å²) in [4.78, 5) is 17.1. The Morgan fingerprint density at radius 1 is 1.07 bits per heavy atom. The van der Waals surface area contributed by atoms with Crippen molar-refractivity contribution in [2.45, 2.75) is 52.3 Å². The SMILES string of the molecule is CCNC(=NCCCNC(=O)OC(C)(C)C)NCCCN(C)CC(F)(F)F.I. The standard InChI is InChI=1S/C17H34F3N5O2.HI/c1-6-21-14(23-11-8-12-25(5)13-17(18,19)20)22-9-7-10-24-15(26)27-16(2,3)4;/h6-13H2,1-5H3,(H,24,26)(H2,21,22,23);1H. The minimum absolute atomic E-state index is 0. The number of alkyl carbamates (subject to hydrolysis) is 1. The molecule has 3 N–H and O–H groups in total. The van der Waals surface area contributed by atoms with Crippen molar-refractivity contribution in [3.8, 4) is 0 Å². The van der Waals surface area contributed by atoms with Crippen LogP contribution in [0.2, 0.25) is 0 Å². The van der Waals surface area contributed by atoms with Crippen LogP contribution in [0, 0.1) is 0 Å². The summed E-state index contributed by atoms with van der Waals surface area (Å²) < 4.78 is 41.9. The number of guanidine groups is 1. The minimum Gasteiger partial charge on any atom is -0.444 e. The zero-order valence-electron chi connectivity index (χ0n) is 17.4. The molecule has 0 aromatic rings. The molecule has 0 aliphatic carbocycles. The van der Waals surface area contributed by atoms with Gasteiger partial charge < -0.3 is 20.7 Å². The van der Waals surface area contributed by atoms with Crippen molar-refractivity contribution in [2.24, 2.45) is 4.99 Å².